The Morgan fingerprint density at radius 3 is 2.75 bits per heavy atom. The molecule has 0 radical (unpaired) electrons. The average molecular weight is 360 g/mol. The Morgan fingerprint density at radius 2 is 2.04 bits per heavy atom. The predicted molar refractivity (Wildman–Crippen MR) is 102 cm³/mol. The topological polar surface area (TPSA) is 45.2 Å². The van der Waals surface area contributed by atoms with E-state index in [0.29, 0.717) is 6.54 Å². The number of thiophene rings is 1. The predicted octanol–water partition coefficient (Wildman–Crippen LogP) is 4.23. The van der Waals surface area contributed by atoms with Gasteiger partial charge in [0.05, 0.1) is 28.8 Å². The molecule has 3 aromatic rings. The summed E-state index contributed by atoms with van der Waals surface area (Å²) >= 11 is 3.35. The molecule has 126 valence electrons. The molecule has 0 unspecified atom stereocenters. The number of para-hydroxylation sites is 1. The van der Waals surface area contributed by atoms with Gasteiger partial charge in [0.25, 0.3) is 0 Å². The van der Waals surface area contributed by atoms with Crippen molar-refractivity contribution in [3.05, 3.63) is 51.7 Å². The average Bonchev–Trinajstić information content (AvgIpc) is 3.23. The standard InChI is InChI=1S/C18H21N3OS2/c1-12(15-9-6-10-23-15)19-17(22)11-21(3)13(2)18-20-14-7-4-5-8-16(14)24-18/h4-10,12-13H,11H2,1-3H3,(H,19,22)/t12-,13-/m0/s1. The number of benzene rings is 1. The number of nitrogens with zero attached hydrogens (tertiary/aromatic N) is 2. The first-order valence-corrected chi connectivity index (χ1v) is 9.62. The highest BCUT2D eigenvalue weighted by Crippen LogP contribution is 2.28. The zero-order valence-electron chi connectivity index (χ0n) is 14.0. The van der Waals surface area contributed by atoms with Gasteiger partial charge in [-0.15, -0.1) is 22.7 Å². The molecule has 0 aliphatic heterocycles. The normalized spacial score (nSPS) is 14.0. The van der Waals surface area contributed by atoms with Crippen molar-refractivity contribution in [2.45, 2.75) is 25.9 Å². The van der Waals surface area contributed by atoms with Gasteiger partial charge in [0.1, 0.15) is 5.01 Å². The van der Waals surface area contributed by atoms with Crippen LogP contribution in [0.3, 0.4) is 0 Å². The van der Waals surface area contributed by atoms with Gasteiger partial charge in [0.15, 0.2) is 0 Å². The van der Waals surface area contributed by atoms with E-state index >= 15 is 0 Å². The first kappa shape index (κ1) is 17.1. The third-order valence-corrected chi connectivity index (χ3v) is 6.33. The summed E-state index contributed by atoms with van der Waals surface area (Å²) in [5, 5.41) is 6.13. The number of hydrogen-bond donors (Lipinski definition) is 1. The van der Waals surface area contributed by atoms with Crippen molar-refractivity contribution in [3.8, 4) is 0 Å². The van der Waals surface area contributed by atoms with E-state index in [1.165, 1.54) is 9.58 Å². The fourth-order valence-electron chi connectivity index (χ4n) is 2.52. The van der Waals surface area contributed by atoms with E-state index in [-0.39, 0.29) is 18.0 Å². The van der Waals surface area contributed by atoms with Crippen LogP contribution in [0.25, 0.3) is 10.2 Å². The molecule has 0 aliphatic rings. The molecule has 2 heterocycles. The smallest absolute Gasteiger partial charge is 0.234 e. The Bertz CT molecular complexity index is 780. The van der Waals surface area contributed by atoms with Crippen molar-refractivity contribution in [2.24, 2.45) is 0 Å². The van der Waals surface area contributed by atoms with Crippen LogP contribution in [0.2, 0.25) is 0 Å². The molecule has 1 aromatic carbocycles. The molecule has 0 spiro atoms. The Morgan fingerprint density at radius 1 is 1.25 bits per heavy atom. The molecule has 6 heteroatoms. The number of fused-ring (bicyclic) bond motifs is 1. The van der Waals surface area contributed by atoms with Gasteiger partial charge in [0, 0.05) is 4.88 Å². The molecule has 0 aliphatic carbocycles. The minimum absolute atomic E-state index is 0.0337. The minimum Gasteiger partial charge on any atom is -0.348 e. The molecule has 0 saturated heterocycles. The van der Waals surface area contributed by atoms with Crippen molar-refractivity contribution in [1.82, 2.24) is 15.2 Å². The SMILES string of the molecule is C[C@H](NC(=O)CN(C)[C@@H](C)c1nc2ccccc2s1)c1cccs1. The van der Waals surface area contributed by atoms with E-state index < -0.39 is 0 Å². The number of carbonyl (C=O) groups is 1. The summed E-state index contributed by atoms with van der Waals surface area (Å²) in [6.07, 6.45) is 0. The summed E-state index contributed by atoms with van der Waals surface area (Å²) in [5.41, 5.74) is 1.02. The van der Waals surface area contributed by atoms with Crippen molar-refractivity contribution in [3.63, 3.8) is 0 Å². The summed E-state index contributed by atoms with van der Waals surface area (Å²) in [6, 6.07) is 12.3. The molecule has 0 saturated carbocycles. The van der Waals surface area contributed by atoms with Gasteiger partial charge in [-0.3, -0.25) is 9.69 Å². The maximum Gasteiger partial charge on any atom is 0.234 e. The second-order valence-corrected chi connectivity index (χ2v) is 7.96. The molecule has 2 aromatic heterocycles. The molecule has 1 amide bonds. The van der Waals surface area contributed by atoms with Gasteiger partial charge < -0.3 is 5.32 Å². The Kier molecular flexibility index (Phi) is 5.28. The monoisotopic (exact) mass is 359 g/mol. The Hall–Kier alpha value is -1.76. The van der Waals surface area contributed by atoms with Crippen molar-refractivity contribution in [1.29, 1.82) is 0 Å². The number of amides is 1. The van der Waals surface area contributed by atoms with Crippen LogP contribution >= 0.6 is 22.7 Å². The van der Waals surface area contributed by atoms with Crippen LogP contribution in [0.1, 0.15) is 35.8 Å². The van der Waals surface area contributed by atoms with Gasteiger partial charge in [-0.2, -0.15) is 0 Å². The zero-order chi connectivity index (χ0) is 17.1. The number of carbonyl (C=O) groups excluding carboxylic acids is 1. The quantitative estimate of drug-likeness (QED) is 0.716. The summed E-state index contributed by atoms with van der Waals surface area (Å²) in [5.74, 6) is 0.0337. The molecule has 24 heavy (non-hydrogen) atoms. The van der Waals surface area contributed by atoms with Crippen LogP contribution in [0.5, 0.6) is 0 Å². The van der Waals surface area contributed by atoms with Crippen LogP contribution in [0, 0.1) is 0 Å². The molecular formula is C18H21N3OS2. The number of nitrogens with one attached hydrogen (secondary N) is 1. The fourth-order valence-corrected chi connectivity index (χ4v) is 4.34. The molecular weight excluding hydrogens is 338 g/mol. The van der Waals surface area contributed by atoms with Crippen molar-refractivity contribution < 1.29 is 4.79 Å². The van der Waals surface area contributed by atoms with E-state index in [4.69, 9.17) is 0 Å². The lowest BCUT2D eigenvalue weighted by Crippen LogP contribution is -2.37. The van der Waals surface area contributed by atoms with Crippen LogP contribution in [-0.2, 0) is 4.79 Å². The van der Waals surface area contributed by atoms with Gasteiger partial charge >= 0.3 is 0 Å². The summed E-state index contributed by atoms with van der Waals surface area (Å²) in [7, 11) is 1.96. The maximum atomic E-state index is 12.3. The highest BCUT2D eigenvalue weighted by atomic mass is 32.1. The summed E-state index contributed by atoms with van der Waals surface area (Å²) < 4.78 is 1.18. The molecule has 3 rings (SSSR count). The Balaban J connectivity index is 1.61. The van der Waals surface area contributed by atoms with E-state index in [1.54, 1.807) is 22.7 Å². The van der Waals surface area contributed by atoms with Crippen molar-refractivity contribution >= 4 is 38.8 Å². The lowest BCUT2D eigenvalue weighted by Gasteiger charge is -2.23. The third kappa shape index (κ3) is 3.83. The van der Waals surface area contributed by atoms with Crippen LogP contribution in [0.15, 0.2) is 41.8 Å². The molecule has 4 nitrogen and oxygen atoms in total. The first-order chi connectivity index (χ1) is 11.5. The Labute approximate surface area is 150 Å². The molecule has 1 N–H and O–H groups in total. The van der Waals surface area contributed by atoms with Crippen LogP contribution < -0.4 is 5.32 Å². The van der Waals surface area contributed by atoms with E-state index in [0.717, 1.165) is 10.5 Å². The molecule has 0 fully saturated rings. The third-order valence-electron chi connectivity index (χ3n) is 4.07. The number of rotatable bonds is 6. The van der Waals surface area contributed by atoms with E-state index in [2.05, 4.69) is 23.3 Å². The van der Waals surface area contributed by atoms with Gasteiger partial charge in [0.2, 0.25) is 5.91 Å². The van der Waals surface area contributed by atoms with Gasteiger partial charge in [-0.25, -0.2) is 4.98 Å². The lowest BCUT2D eigenvalue weighted by atomic mass is 10.2. The highest BCUT2D eigenvalue weighted by Gasteiger charge is 2.19. The maximum absolute atomic E-state index is 12.3. The van der Waals surface area contributed by atoms with E-state index in [9.17, 15) is 4.79 Å². The second-order valence-electron chi connectivity index (χ2n) is 5.92. The lowest BCUT2D eigenvalue weighted by molar-refractivity contribution is -0.123. The second kappa shape index (κ2) is 7.42. The highest BCUT2D eigenvalue weighted by molar-refractivity contribution is 7.18. The van der Waals surface area contributed by atoms with Gasteiger partial charge in [-0.05, 0) is 44.5 Å². The molecule has 0 bridgehead atoms. The van der Waals surface area contributed by atoms with Crippen LogP contribution in [-0.4, -0.2) is 29.4 Å². The van der Waals surface area contributed by atoms with Gasteiger partial charge in [-0.1, -0.05) is 18.2 Å². The van der Waals surface area contributed by atoms with Crippen molar-refractivity contribution in [2.75, 3.05) is 13.6 Å². The first-order valence-electron chi connectivity index (χ1n) is 7.93. The number of hydrogen-bond acceptors (Lipinski definition) is 5. The number of thiazole rings is 1. The number of aromatic nitrogens is 1. The van der Waals surface area contributed by atoms with Crippen LogP contribution in [0.4, 0.5) is 0 Å². The minimum atomic E-state index is 0.0337. The van der Waals surface area contributed by atoms with E-state index in [1.807, 2.05) is 54.6 Å². The number of likely N-dealkylation sites (N-methyl/N-ethyl adjacent to an activating group) is 1. The zero-order valence-corrected chi connectivity index (χ0v) is 15.7. The fraction of sp³-hybridized carbons (Fsp3) is 0.333. The largest absolute Gasteiger partial charge is 0.348 e. The summed E-state index contributed by atoms with van der Waals surface area (Å²) in [4.78, 5) is 20.2. The summed E-state index contributed by atoms with van der Waals surface area (Å²) in [6.45, 7) is 4.46. The molecule has 2 atom stereocenters.